The highest BCUT2D eigenvalue weighted by Crippen LogP contribution is 2.72. The van der Waals surface area contributed by atoms with Crippen molar-refractivity contribution in [2.45, 2.75) is 84.2 Å². The molecular weight excluding hydrogens is 272 g/mol. The van der Waals surface area contributed by atoms with E-state index < -0.39 is 5.60 Å². The number of hydrogen-bond donors (Lipinski definition) is 2. The molecule has 0 saturated heterocycles. The lowest BCUT2D eigenvalue weighted by Crippen LogP contribution is -2.55. The summed E-state index contributed by atoms with van der Waals surface area (Å²) in [6, 6.07) is 0. The number of hydrogen-bond acceptors (Lipinski definition) is 2. The Morgan fingerprint density at radius 2 is 1.73 bits per heavy atom. The van der Waals surface area contributed by atoms with E-state index in [0.29, 0.717) is 22.2 Å². The SMILES string of the molecule is CC1(C)CCC[C@]2(C)[C@@H]1CC[C@@]13C[C@@H](CC[C@H]12)[C@@](O)(CO)C3. The smallest absolute Gasteiger partial charge is 0.0910 e. The van der Waals surface area contributed by atoms with Crippen LogP contribution in [0.4, 0.5) is 0 Å². The summed E-state index contributed by atoms with van der Waals surface area (Å²) in [6.07, 6.45) is 11.2. The van der Waals surface area contributed by atoms with Crippen molar-refractivity contribution < 1.29 is 10.2 Å². The van der Waals surface area contributed by atoms with E-state index in [0.717, 1.165) is 24.7 Å². The van der Waals surface area contributed by atoms with Crippen molar-refractivity contribution in [3.8, 4) is 0 Å². The third-order valence-electron chi connectivity index (χ3n) is 8.89. The maximum Gasteiger partial charge on any atom is 0.0910 e. The molecule has 2 bridgehead atoms. The average molecular weight is 306 g/mol. The molecule has 0 amide bonds. The number of rotatable bonds is 1. The van der Waals surface area contributed by atoms with Crippen LogP contribution in [0.5, 0.6) is 0 Å². The van der Waals surface area contributed by atoms with Gasteiger partial charge in [-0.1, -0.05) is 27.2 Å². The average Bonchev–Trinajstić information content (AvgIpc) is 2.65. The molecule has 4 rings (SSSR count). The van der Waals surface area contributed by atoms with Crippen LogP contribution >= 0.6 is 0 Å². The molecule has 22 heavy (non-hydrogen) atoms. The third kappa shape index (κ3) is 1.80. The molecule has 4 aliphatic rings. The second-order valence-corrected chi connectivity index (χ2v) is 10.3. The summed E-state index contributed by atoms with van der Waals surface area (Å²) < 4.78 is 0. The molecule has 0 aromatic carbocycles. The predicted molar refractivity (Wildman–Crippen MR) is 88.4 cm³/mol. The monoisotopic (exact) mass is 306 g/mol. The van der Waals surface area contributed by atoms with E-state index in [1.807, 2.05) is 0 Å². The summed E-state index contributed by atoms with van der Waals surface area (Å²) in [4.78, 5) is 0. The van der Waals surface area contributed by atoms with Crippen LogP contribution in [0.25, 0.3) is 0 Å². The zero-order chi connectivity index (χ0) is 15.8. The van der Waals surface area contributed by atoms with Gasteiger partial charge in [0, 0.05) is 0 Å². The Labute approximate surface area is 135 Å². The first kappa shape index (κ1) is 15.4. The van der Waals surface area contributed by atoms with Crippen molar-refractivity contribution in [1.29, 1.82) is 0 Å². The van der Waals surface area contributed by atoms with Gasteiger partial charge in [-0.05, 0) is 85.4 Å². The van der Waals surface area contributed by atoms with Gasteiger partial charge < -0.3 is 10.2 Å². The van der Waals surface area contributed by atoms with Gasteiger partial charge in [0.05, 0.1) is 12.2 Å². The molecule has 0 radical (unpaired) electrons. The first-order chi connectivity index (χ1) is 10.3. The number of fused-ring (bicyclic) bond motifs is 3. The van der Waals surface area contributed by atoms with Crippen LogP contribution in [0.3, 0.4) is 0 Å². The highest BCUT2D eigenvalue weighted by molar-refractivity contribution is 5.16. The van der Waals surface area contributed by atoms with Crippen molar-refractivity contribution in [2.24, 2.45) is 34.0 Å². The van der Waals surface area contributed by atoms with Gasteiger partial charge >= 0.3 is 0 Å². The van der Waals surface area contributed by atoms with E-state index in [4.69, 9.17) is 0 Å². The fourth-order valence-corrected chi connectivity index (χ4v) is 8.13. The van der Waals surface area contributed by atoms with Crippen molar-refractivity contribution in [3.63, 3.8) is 0 Å². The minimum Gasteiger partial charge on any atom is -0.393 e. The summed E-state index contributed by atoms with van der Waals surface area (Å²) in [5, 5.41) is 20.7. The molecule has 6 atom stereocenters. The molecule has 4 fully saturated rings. The molecule has 2 heteroatoms. The van der Waals surface area contributed by atoms with Crippen LogP contribution in [0, 0.1) is 34.0 Å². The molecule has 4 saturated carbocycles. The normalized spacial score (nSPS) is 56.3. The van der Waals surface area contributed by atoms with Gasteiger partial charge in [0.25, 0.3) is 0 Å². The summed E-state index contributed by atoms with van der Waals surface area (Å²) in [6.45, 7) is 7.55. The van der Waals surface area contributed by atoms with Crippen LogP contribution in [0.1, 0.15) is 78.6 Å². The summed E-state index contributed by atoms with van der Waals surface area (Å²) in [7, 11) is 0. The molecule has 0 heterocycles. The summed E-state index contributed by atoms with van der Waals surface area (Å²) >= 11 is 0. The van der Waals surface area contributed by atoms with Gasteiger partial charge in [-0.2, -0.15) is 0 Å². The summed E-state index contributed by atoms with van der Waals surface area (Å²) in [5.74, 6) is 1.98. The van der Waals surface area contributed by atoms with E-state index in [1.54, 1.807) is 0 Å². The Morgan fingerprint density at radius 1 is 0.955 bits per heavy atom. The van der Waals surface area contributed by atoms with E-state index in [9.17, 15) is 10.2 Å². The zero-order valence-electron chi connectivity index (χ0n) is 14.7. The predicted octanol–water partition coefficient (Wildman–Crippen LogP) is 4.14. The first-order valence-electron chi connectivity index (χ1n) is 9.59. The van der Waals surface area contributed by atoms with E-state index >= 15 is 0 Å². The summed E-state index contributed by atoms with van der Waals surface area (Å²) in [5.41, 5.74) is 0.504. The van der Waals surface area contributed by atoms with Crippen LogP contribution in [0.15, 0.2) is 0 Å². The van der Waals surface area contributed by atoms with Crippen molar-refractivity contribution in [3.05, 3.63) is 0 Å². The first-order valence-corrected chi connectivity index (χ1v) is 9.59. The highest BCUT2D eigenvalue weighted by atomic mass is 16.3. The van der Waals surface area contributed by atoms with Gasteiger partial charge in [0.1, 0.15) is 0 Å². The second-order valence-electron chi connectivity index (χ2n) is 10.3. The fraction of sp³-hybridized carbons (Fsp3) is 1.00. The Kier molecular flexibility index (Phi) is 3.16. The van der Waals surface area contributed by atoms with E-state index in [-0.39, 0.29) is 6.61 Å². The van der Waals surface area contributed by atoms with Crippen molar-refractivity contribution in [2.75, 3.05) is 6.61 Å². The molecule has 2 nitrogen and oxygen atoms in total. The maximum atomic E-state index is 10.9. The molecule has 0 unspecified atom stereocenters. The zero-order valence-corrected chi connectivity index (χ0v) is 14.7. The van der Waals surface area contributed by atoms with Crippen LogP contribution in [0.2, 0.25) is 0 Å². The van der Waals surface area contributed by atoms with E-state index in [1.165, 1.54) is 44.9 Å². The van der Waals surface area contributed by atoms with Gasteiger partial charge in [0.15, 0.2) is 0 Å². The standard InChI is InChI=1S/C20H34O2/c1-17(2)8-4-9-18(3)15(17)7-10-19-11-14(5-6-16(18)19)20(22,12-19)13-21/h14-16,21-22H,4-13H2,1-3H3/t14-,15-,16+,18-,19+,20+/m1/s1. The molecular formula is C20H34O2. The number of aliphatic hydroxyl groups is 2. The van der Waals surface area contributed by atoms with Gasteiger partial charge in [-0.3, -0.25) is 0 Å². The second kappa shape index (κ2) is 4.51. The van der Waals surface area contributed by atoms with Gasteiger partial charge in [0.2, 0.25) is 0 Å². The van der Waals surface area contributed by atoms with Crippen molar-refractivity contribution in [1.82, 2.24) is 0 Å². The number of aliphatic hydroxyl groups excluding tert-OH is 1. The van der Waals surface area contributed by atoms with Gasteiger partial charge in [-0.25, -0.2) is 0 Å². The topological polar surface area (TPSA) is 40.5 Å². The Morgan fingerprint density at radius 3 is 2.45 bits per heavy atom. The largest absolute Gasteiger partial charge is 0.393 e. The minimum absolute atomic E-state index is 0.0300. The van der Waals surface area contributed by atoms with Crippen LogP contribution in [-0.4, -0.2) is 22.4 Å². The Bertz CT molecular complexity index is 472. The van der Waals surface area contributed by atoms with Gasteiger partial charge in [-0.15, -0.1) is 0 Å². The quantitative estimate of drug-likeness (QED) is 0.764. The van der Waals surface area contributed by atoms with Crippen molar-refractivity contribution >= 4 is 0 Å². The Hall–Kier alpha value is -0.0800. The molecule has 0 aromatic heterocycles. The molecule has 0 aliphatic heterocycles. The lowest BCUT2D eigenvalue weighted by molar-refractivity contribution is -0.145. The molecule has 2 N–H and O–H groups in total. The highest BCUT2D eigenvalue weighted by Gasteiger charge is 2.66. The van der Waals surface area contributed by atoms with Crippen LogP contribution in [-0.2, 0) is 0 Å². The van der Waals surface area contributed by atoms with Crippen LogP contribution < -0.4 is 0 Å². The maximum absolute atomic E-state index is 10.9. The Balaban J connectivity index is 1.72. The molecule has 0 aromatic rings. The molecule has 126 valence electrons. The van der Waals surface area contributed by atoms with E-state index in [2.05, 4.69) is 20.8 Å². The molecule has 4 aliphatic carbocycles. The minimum atomic E-state index is -0.776. The fourth-order valence-electron chi connectivity index (χ4n) is 8.13. The lowest BCUT2D eigenvalue weighted by atomic mass is 9.41. The third-order valence-corrected chi connectivity index (χ3v) is 8.89. The lowest BCUT2D eigenvalue weighted by Gasteiger charge is -2.64. The molecule has 1 spiro atoms.